The van der Waals surface area contributed by atoms with Crippen LogP contribution < -0.4 is 5.32 Å². The number of carbonyl (C=O) groups excluding carboxylic acids is 2. The molecule has 0 unspecified atom stereocenters. The van der Waals surface area contributed by atoms with Gasteiger partial charge in [-0.15, -0.1) is 0 Å². The second kappa shape index (κ2) is 5.18. The molecule has 0 atom stereocenters. The van der Waals surface area contributed by atoms with Crippen molar-refractivity contribution < 1.29 is 19.1 Å². The fraction of sp³-hybridized carbons (Fsp3) is 0.188. The van der Waals surface area contributed by atoms with Gasteiger partial charge in [-0.1, -0.05) is 0 Å². The van der Waals surface area contributed by atoms with Gasteiger partial charge in [0.25, 0.3) is 5.79 Å². The maximum Gasteiger partial charge on any atom is 0.350 e. The number of aromatic amines is 1. The van der Waals surface area contributed by atoms with Crippen LogP contribution in [0.25, 0.3) is 10.9 Å². The number of anilines is 1. The maximum atomic E-state index is 11.9. The van der Waals surface area contributed by atoms with E-state index >= 15 is 0 Å². The molecule has 7 nitrogen and oxygen atoms in total. The fourth-order valence-electron chi connectivity index (χ4n) is 2.28. The van der Waals surface area contributed by atoms with Gasteiger partial charge >= 0.3 is 11.9 Å². The Hall–Kier alpha value is -3.27. The molecule has 3 rings (SSSR count). The second-order valence-electron chi connectivity index (χ2n) is 5.46. The average Bonchev–Trinajstić information content (AvgIpc) is 2.93. The van der Waals surface area contributed by atoms with Crippen molar-refractivity contribution in [3.05, 3.63) is 41.7 Å². The third kappa shape index (κ3) is 2.74. The number of esters is 2. The number of benzene rings is 1. The molecule has 2 aromatic rings. The minimum absolute atomic E-state index is 0.240. The lowest BCUT2D eigenvalue weighted by Crippen LogP contribution is -2.42. The van der Waals surface area contributed by atoms with Gasteiger partial charge in [-0.05, 0) is 18.2 Å². The van der Waals surface area contributed by atoms with Crippen LogP contribution in [0.5, 0.6) is 0 Å². The minimum atomic E-state index is -1.28. The van der Waals surface area contributed by atoms with E-state index in [4.69, 9.17) is 14.7 Å². The van der Waals surface area contributed by atoms with Crippen molar-refractivity contribution in [3.8, 4) is 6.07 Å². The van der Waals surface area contributed by atoms with Crippen LogP contribution in [0.15, 0.2) is 36.2 Å². The number of cyclic esters (lactones) is 2. The van der Waals surface area contributed by atoms with E-state index in [0.29, 0.717) is 11.3 Å². The second-order valence-corrected chi connectivity index (χ2v) is 5.46. The highest BCUT2D eigenvalue weighted by Gasteiger charge is 2.38. The average molecular weight is 311 g/mol. The molecule has 7 heteroatoms. The number of nitriles is 1. The Morgan fingerprint density at radius 2 is 1.96 bits per heavy atom. The molecule has 0 spiro atoms. The van der Waals surface area contributed by atoms with E-state index in [0.717, 1.165) is 10.9 Å². The molecule has 116 valence electrons. The third-order valence-corrected chi connectivity index (χ3v) is 3.29. The molecular formula is C16H13N3O4. The standard InChI is InChI=1S/C16H13N3O4/c1-16(2)22-14(20)11(15(21)23-16)8-19-13-6-9(7-17)5-12-10(13)3-4-18-12/h3-6,8,18-19H,1-2H3. The summed E-state index contributed by atoms with van der Waals surface area (Å²) in [5, 5.41) is 12.8. The van der Waals surface area contributed by atoms with E-state index in [1.165, 1.54) is 20.0 Å². The van der Waals surface area contributed by atoms with Crippen LogP contribution in [0.2, 0.25) is 0 Å². The summed E-state index contributed by atoms with van der Waals surface area (Å²) in [7, 11) is 0. The van der Waals surface area contributed by atoms with Crippen LogP contribution >= 0.6 is 0 Å². The summed E-state index contributed by atoms with van der Waals surface area (Å²) in [6.07, 6.45) is 2.96. The predicted octanol–water partition coefficient (Wildman–Crippen LogP) is 2.17. The van der Waals surface area contributed by atoms with E-state index in [1.807, 2.05) is 6.07 Å². The summed E-state index contributed by atoms with van der Waals surface area (Å²) in [5.41, 5.74) is 1.55. The molecular weight excluding hydrogens is 298 g/mol. The Kier molecular flexibility index (Phi) is 3.30. The van der Waals surface area contributed by atoms with Gasteiger partial charge in [0.2, 0.25) is 0 Å². The van der Waals surface area contributed by atoms with Crippen LogP contribution in [0.3, 0.4) is 0 Å². The number of hydrogen-bond acceptors (Lipinski definition) is 6. The number of H-pyrrole nitrogens is 1. The van der Waals surface area contributed by atoms with E-state index in [2.05, 4.69) is 16.4 Å². The Morgan fingerprint density at radius 1 is 1.26 bits per heavy atom. The Bertz CT molecular complexity index is 864. The minimum Gasteiger partial charge on any atom is -0.419 e. The highest BCUT2D eigenvalue weighted by molar-refractivity contribution is 6.15. The first-order valence-electron chi connectivity index (χ1n) is 6.84. The highest BCUT2D eigenvalue weighted by Crippen LogP contribution is 2.26. The quantitative estimate of drug-likeness (QED) is 0.500. The van der Waals surface area contributed by atoms with Crippen molar-refractivity contribution in [2.75, 3.05) is 5.32 Å². The van der Waals surface area contributed by atoms with E-state index in [9.17, 15) is 9.59 Å². The molecule has 1 fully saturated rings. The van der Waals surface area contributed by atoms with Crippen LogP contribution in [0, 0.1) is 11.3 Å². The topological polar surface area (TPSA) is 104 Å². The Morgan fingerprint density at radius 3 is 2.61 bits per heavy atom. The van der Waals surface area contributed by atoms with Crippen LogP contribution in [-0.4, -0.2) is 22.7 Å². The van der Waals surface area contributed by atoms with Crippen LogP contribution in [-0.2, 0) is 19.1 Å². The lowest BCUT2D eigenvalue weighted by molar-refractivity contribution is -0.222. The van der Waals surface area contributed by atoms with E-state index < -0.39 is 17.7 Å². The number of nitrogens with zero attached hydrogens (tertiary/aromatic N) is 1. The molecule has 1 aliphatic rings. The zero-order chi connectivity index (χ0) is 16.6. The number of rotatable bonds is 2. The van der Waals surface area contributed by atoms with Gasteiger partial charge < -0.3 is 19.8 Å². The van der Waals surface area contributed by atoms with Crippen molar-refractivity contribution >= 4 is 28.5 Å². The number of nitrogens with one attached hydrogen (secondary N) is 2. The molecule has 0 saturated carbocycles. The maximum absolute atomic E-state index is 11.9. The molecule has 2 heterocycles. The van der Waals surface area contributed by atoms with Gasteiger partial charge in [-0.25, -0.2) is 9.59 Å². The number of aromatic nitrogens is 1. The summed E-state index contributed by atoms with van der Waals surface area (Å²) in [6, 6.07) is 7.20. The smallest absolute Gasteiger partial charge is 0.350 e. The lowest BCUT2D eigenvalue weighted by Gasteiger charge is -2.29. The molecule has 2 N–H and O–H groups in total. The first-order chi connectivity index (χ1) is 10.9. The largest absolute Gasteiger partial charge is 0.419 e. The van der Waals surface area contributed by atoms with Gasteiger partial charge in [0.05, 0.1) is 11.6 Å². The van der Waals surface area contributed by atoms with Crippen molar-refractivity contribution in [1.82, 2.24) is 4.98 Å². The molecule has 1 saturated heterocycles. The number of fused-ring (bicyclic) bond motifs is 1. The molecule has 0 amide bonds. The molecule has 1 aromatic heterocycles. The summed E-state index contributed by atoms with van der Waals surface area (Å²) < 4.78 is 10.0. The molecule has 1 aliphatic heterocycles. The number of hydrogen-bond donors (Lipinski definition) is 2. The fourth-order valence-corrected chi connectivity index (χ4v) is 2.28. The highest BCUT2D eigenvalue weighted by atomic mass is 16.7. The molecule has 1 aromatic carbocycles. The van der Waals surface area contributed by atoms with Crippen molar-refractivity contribution in [2.24, 2.45) is 0 Å². The van der Waals surface area contributed by atoms with E-state index in [1.54, 1.807) is 18.3 Å². The van der Waals surface area contributed by atoms with Gasteiger partial charge in [0.15, 0.2) is 5.57 Å². The van der Waals surface area contributed by atoms with Gasteiger partial charge in [0, 0.05) is 42.8 Å². The van der Waals surface area contributed by atoms with Crippen molar-refractivity contribution in [2.45, 2.75) is 19.6 Å². The SMILES string of the molecule is CC1(C)OC(=O)C(=CNc2cc(C#N)cc3[nH]ccc23)C(=O)O1. The van der Waals surface area contributed by atoms with Crippen LogP contribution in [0.1, 0.15) is 19.4 Å². The first-order valence-corrected chi connectivity index (χ1v) is 6.84. The van der Waals surface area contributed by atoms with Gasteiger partial charge in [0.1, 0.15) is 0 Å². The molecule has 23 heavy (non-hydrogen) atoms. The molecule has 0 radical (unpaired) electrons. The Labute approximate surface area is 131 Å². The van der Waals surface area contributed by atoms with Gasteiger partial charge in [-0.3, -0.25) is 0 Å². The van der Waals surface area contributed by atoms with Crippen LogP contribution in [0.4, 0.5) is 5.69 Å². The normalized spacial score (nSPS) is 16.5. The zero-order valence-corrected chi connectivity index (χ0v) is 12.5. The summed E-state index contributed by atoms with van der Waals surface area (Å²) in [4.78, 5) is 26.8. The van der Waals surface area contributed by atoms with Gasteiger partial charge in [-0.2, -0.15) is 5.26 Å². The molecule has 0 bridgehead atoms. The first kappa shape index (κ1) is 14.7. The summed E-state index contributed by atoms with van der Waals surface area (Å²) in [6.45, 7) is 2.96. The van der Waals surface area contributed by atoms with Crippen molar-refractivity contribution in [3.63, 3.8) is 0 Å². The Balaban J connectivity index is 1.94. The predicted molar refractivity (Wildman–Crippen MR) is 81.0 cm³/mol. The summed E-state index contributed by atoms with van der Waals surface area (Å²) in [5.74, 6) is -2.80. The number of ether oxygens (including phenoxy) is 2. The zero-order valence-electron chi connectivity index (χ0n) is 12.5. The lowest BCUT2D eigenvalue weighted by atomic mass is 10.1. The monoisotopic (exact) mass is 311 g/mol. The third-order valence-electron chi connectivity index (χ3n) is 3.29. The summed E-state index contributed by atoms with van der Waals surface area (Å²) >= 11 is 0. The van der Waals surface area contributed by atoms with E-state index in [-0.39, 0.29) is 5.57 Å². The number of carbonyl (C=O) groups is 2. The molecule has 0 aliphatic carbocycles. The van der Waals surface area contributed by atoms with Crippen molar-refractivity contribution in [1.29, 1.82) is 5.26 Å².